The van der Waals surface area contributed by atoms with Gasteiger partial charge in [0.1, 0.15) is 11.3 Å². The van der Waals surface area contributed by atoms with Crippen molar-refractivity contribution in [1.29, 1.82) is 0 Å². The van der Waals surface area contributed by atoms with Gasteiger partial charge in [0.2, 0.25) is 0 Å². The first-order valence-electron chi connectivity index (χ1n) is 10.7. The molecular weight excluding hydrogens is 429 g/mol. The van der Waals surface area contributed by atoms with Gasteiger partial charge in [0.05, 0.1) is 0 Å². The van der Waals surface area contributed by atoms with Crippen LogP contribution in [0.2, 0.25) is 0 Å². The average Bonchev–Trinajstić information content (AvgIpc) is 3.37. The third-order valence-electron chi connectivity index (χ3n) is 6.19. The van der Waals surface area contributed by atoms with E-state index in [4.69, 9.17) is 0 Å². The zero-order valence-electron chi connectivity index (χ0n) is 18.4. The van der Waals surface area contributed by atoms with Gasteiger partial charge in [-0.3, -0.25) is 9.58 Å². The minimum Gasteiger partial charge on any atom is -0.465 e. The van der Waals surface area contributed by atoms with E-state index < -0.39 is 11.9 Å². The van der Waals surface area contributed by atoms with Crippen LogP contribution in [0.4, 0.5) is 31.2 Å². The van der Waals surface area contributed by atoms with Crippen LogP contribution in [0, 0.1) is 12.7 Å². The first-order chi connectivity index (χ1) is 15.8. The van der Waals surface area contributed by atoms with Crippen molar-refractivity contribution in [2.24, 2.45) is 7.05 Å². The number of carboxylic acid groups (broad SMARTS) is 1. The van der Waals surface area contributed by atoms with Crippen molar-refractivity contribution in [2.45, 2.75) is 13.3 Å². The molecule has 0 unspecified atom stereocenters. The van der Waals surface area contributed by atoms with Gasteiger partial charge in [-0.2, -0.15) is 5.10 Å². The standard InChI is InChI=1S/C22H24FN7O3/c1-13-11-24-20-16(19(13)28-5-7-29(8-6-28)22(32)33)3-4-30(20)21(31)25-15-9-14-12-27(2)26-18(14)17(23)10-15/h9-12H,3-8H2,1-2H3,(H,25,31)(H,32,33). The Morgan fingerprint density at radius 1 is 1.15 bits per heavy atom. The number of rotatable bonds is 2. The highest BCUT2D eigenvalue weighted by Gasteiger charge is 2.32. The lowest BCUT2D eigenvalue weighted by molar-refractivity contribution is 0.142. The number of piperazine rings is 1. The maximum atomic E-state index is 14.4. The summed E-state index contributed by atoms with van der Waals surface area (Å²) < 4.78 is 15.9. The Morgan fingerprint density at radius 2 is 1.91 bits per heavy atom. The van der Waals surface area contributed by atoms with Gasteiger partial charge in [0.15, 0.2) is 5.82 Å². The van der Waals surface area contributed by atoms with Gasteiger partial charge in [-0.25, -0.2) is 19.0 Å². The number of carbonyl (C=O) groups excluding carboxylic acids is 1. The van der Waals surface area contributed by atoms with Crippen molar-refractivity contribution in [3.63, 3.8) is 0 Å². The van der Waals surface area contributed by atoms with E-state index in [1.54, 1.807) is 30.4 Å². The Morgan fingerprint density at radius 3 is 2.64 bits per heavy atom. The number of fused-ring (bicyclic) bond motifs is 2. The van der Waals surface area contributed by atoms with Crippen LogP contribution in [0.25, 0.3) is 10.9 Å². The van der Waals surface area contributed by atoms with Gasteiger partial charge in [-0.15, -0.1) is 0 Å². The van der Waals surface area contributed by atoms with E-state index in [-0.39, 0.29) is 11.5 Å². The molecule has 5 rings (SSSR count). The Kier molecular flexibility index (Phi) is 5.03. The maximum Gasteiger partial charge on any atom is 0.407 e. The van der Waals surface area contributed by atoms with Gasteiger partial charge in [-0.1, -0.05) is 0 Å². The minimum atomic E-state index is -0.907. The van der Waals surface area contributed by atoms with E-state index in [0.29, 0.717) is 56.0 Å². The quantitative estimate of drug-likeness (QED) is 0.618. The molecule has 2 N–H and O–H groups in total. The fourth-order valence-corrected chi connectivity index (χ4v) is 4.67. The average molecular weight is 453 g/mol. The second-order valence-corrected chi connectivity index (χ2v) is 8.38. The number of nitrogens with one attached hydrogen (secondary N) is 1. The fraction of sp³-hybridized carbons (Fsp3) is 0.364. The Hall–Kier alpha value is -3.89. The number of hydrogen-bond donors (Lipinski definition) is 2. The number of aromatic nitrogens is 3. The molecule has 1 aromatic carbocycles. The maximum absolute atomic E-state index is 14.4. The molecule has 0 bridgehead atoms. The zero-order valence-corrected chi connectivity index (χ0v) is 18.4. The van der Waals surface area contributed by atoms with Gasteiger partial charge in [0.25, 0.3) is 0 Å². The zero-order chi connectivity index (χ0) is 23.3. The van der Waals surface area contributed by atoms with Crippen LogP contribution < -0.4 is 15.1 Å². The molecule has 3 amide bonds. The molecule has 172 valence electrons. The number of benzene rings is 1. The molecule has 1 saturated heterocycles. The van der Waals surface area contributed by atoms with E-state index in [1.807, 2.05) is 6.92 Å². The molecule has 2 aromatic heterocycles. The molecule has 10 nitrogen and oxygen atoms in total. The summed E-state index contributed by atoms with van der Waals surface area (Å²) in [6, 6.07) is 2.57. The SMILES string of the molecule is Cc1cnc2c(c1N1CCN(C(=O)O)CC1)CCN2C(=O)Nc1cc(F)c2nn(C)cc2c1. The number of halogens is 1. The number of urea groups is 1. The summed E-state index contributed by atoms with van der Waals surface area (Å²) in [4.78, 5) is 34.0. The molecule has 4 heterocycles. The molecule has 2 aliphatic rings. The van der Waals surface area contributed by atoms with Crippen LogP contribution in [0.15, 0.2) is 24.5 Å². The van der Waals surface area contributed by atoms with Crippen molar-refractivity contribution < 1.29 is 19.1 Å². The minimum absolute atomic E-state index is 0.256. The van der Waals surface area contributed by atoms with E-state index in [1.165, 1.54) is 15.6 Å². The topological polar surface area (TPSA) is 107 Å². The highest BCUT2D eigenvalue weighted by molar-refractivity contribution is 6.04. The summed E-state index contributed by atoms with van der Waals surface area (Å²) in [6.45, 7) is 4.45. The lowest BCUT2D eigenvalue weighted by Gasteiger charge is -2.36. The van der Waals surface area contributed by atoms with Gasteiger partial charge in [-0.05, 0) is 31.0 Å². The van der Waals surface area contributed by atoms with Gasteiger partial charge >= 0.3 is 12.1 Å². The largest absolute Gasteiger partial charge is 0.465 e. The third-order valence-corrected chi connectivity index (χ3v) is 6.19. The Balaban J connectivity index is 1.38. The van der Waals surface area contributed by atoms with E-state index in [9.17, 15) is 19.1 Å². The number of carbonyl (C=O) groups is 2. The normalized spacial score (nSPS) is 15.8. The summed E-state index contributed by atoms with van der Waals surface area (Å²) >= 11 is 0. The van der Waals surface area contributed by atoms with Crippen LogP contribution in [0.1, 0.15) is 11.1 Å². The monoisotopic (exact) mass is 453 g/mol. The molecule has 0 saturated carbocycles. The number of anilines is 3. The van der Waals surface area contributed by atoms with E-state index in [2.05, 4.69) is 20.3 Å². The summed E-state index contributed by atoms with van der Waals surface area (Å²) in [6.07, 6.45) is 3.17. The first-order valence-corrected chi connectivity index (χ1v) is 10.7. The fourth-order valence-electron chi connectivity index (χ4n) is 4.67. The van der Waals surface area contributed by atoms with Crippen molar-refractivity contribution in [2.75, 3.05) is 47.8 Å². The van der Waals surface area contributed by atoms with Crippen LogP contribution in [0.3, 0.4) is 0 Å². The van der Waals surface area contributed by atoms with Crippen LogP contribution in [0.5, 0.6) is 0 Å². The molecule has 1 fully saturated rings. The van der Waals surface area contributed by atoms with Crippen LogP contribution in [-0.4, -0.2) is 69.6 Å². The van der Waals surface area contributed by atoms with Crippen molar-refractivity contribution in [3.05, 3.63) is 41.5 Å². The second-order valence-electron chi connectivity index (χ2n) is 8.38. The molecule has 0 spiro atoms. The van der Waals surface area contributed by atoms with Gasteiger partial charge in [0, 0.05) is 74.5 Å². The molecule has 33 heavy (non-hydrogen) atoms. The number of hydrogen-bond acceptors (Lipinski definition) is 5. The molecule has 0 atom stereocenters. The molecule has 0 radical (unpaired) electrons. The molecule has 3 aromatic rings. The molecule has 11 heteroatoms. The van der Waals surface area contributed by atoms with E-state index in [0.717, 1.165) is 16.8 Å². The van der Waals surface area contributed by atoms with Crippen molar-refractivity contribution in [3.8, 4) is 0 Å². The second kappa shape index (κ2) is 7.91. The Labute approximate surface area is 189 Å². The molecular formula is C22H24FN7O3. The predicted molar refractivity (Wildman–Crippen MR) is 122 cm³/mol. The molecule has 2 aliphatic heterocycles. The smallest absolute Gasteiger partial charge is 0.407 e. The predicted octanol–water partition coefficient (Wildman–Crippen LogP) is 2.81. The highest BCUT2D eigenvalue weighted by Crippen LogP contribution is 2.37. The summed E-state index contributed by atoms with van der Waals surface area (Å²) in [7, 11) is 1.71. The summed E-state index contributed by atoms with van der Waals surface area (Å²) in [5.74, 6) is 0.0819. The molecule has 0 aliphatic carbocycles. The number of aryl methyl sites for hydroxylation is 2. The lowest BCUT2D eigenvalue weighted by Crippen LogP contribution is -2.48. The number of nitrogens with zero attached hydrogens (tertiary/aromatic N) is 6. The van der Waals surface area contributed by atoms with Gasteiger partial charge < -0.3 is 20.2 Å². The summed E-state index contributed by atoms with van der Waals surface area (Å²) in [5, 5.41) is 16.7. The van der Waals surface area contributed by atoms with Crippen LogP contribution >= 0.6 is 0 Å². The van der Waals surface area contributed by atoms with Crippen molar-refractivity contribution in [1.82, 2.24) is 19.7 Å². The third kappa shape index (κ3) is 3.69. The Bertz CT molecular complexity index is 1270. The number of amides is 3. The lowest BCUT2D eigenvalue weighted by atomic mass is 10.1. The van der Waals surface area contributed by atoms with E-state index >= 15 is 0 Å². The van der Waals surface area contributed by atoms with Crippen molar-refractivity contribution >= 4 is 40.2 Å². The highest BCUT2D eigenvalue weighted by atomic mass is 19.1. The first kappa shape index (κ1) is 21.0. The summed E-state index contributed by atoms with van der Waals surface area (Å²) in [5.41, 5.74) is 3.59. The number of pyridine rings is 1. The van der Waals surface area contributed by atoms with Crippen LogP contribution in [-0.2, 0) is 13.5 Å².